The molecule has 2 heteroatoms. The van der Waals surface area contributed by atoms with Crippen LogP contribution in [-0.2, 0) is 0 Å². The second kappa shape index (κ2) is 6.58. The molecule has 2 saturated carbocycles. The van der Waals surface area contributed by atoms with Crippen LogP contribution in [-0.4, -0.2) is 22.4 Å². The summed E-state index contributed by atoms with van der Waals surface area (Å²) in [5.74, 6) is 2.58. The average Bonchev–Trinajstić information content (AvgIpc) is 2.71. The topological polar surface area (TPSA) is 40.5 Å². The third kappa shape index (κ3) is 3.52. The molecule has 2 aliphatic carbocycles. The molecule has 6 atom stereocenters. The molecule has 0 spiro atoms. The molecule has 112 valence electrons. The lowest BCUT2D eigenvalue weighted by Crippen LogP contribution is -2.32. The molecule has 0 amide bonds. The summed E-state index contributed by atoms with van der Waals surface area (Å²) in [4.78, 5) is 0. The second-order valence-corrected chi connectivity index (χ2v) is 7.46. The van der Waals surface area contributed by atoms with Gasteiger partial charge in [0, 0.05) is 0 Å². The van der Waals surface area contributed by atoms with E-state index in [-0.39, 0.29) is 12.2 Å². The first kappa shape index (κ1) is 15.3. The van der Waals surface area contributed by atoms with Crippen molar-refractivity contribution in [3.63, 3.8) is 0 Å². The second-order valence-electron chi connectivity index (χ2n) is 7.46. The van der Waals surface area contributed by atoms with Crippen LogP contribution in [0.25, 0.3) is 0 Å². The number of hydrogen-bond acceptors (Lipinski definition) is 2. The van der Waals surface area contributed by atoms with Crippen LogP contribution in [0.5, 0.6) is 0 Å². The van der Waals surface area contributed by atoms with Crippen molar-refractivity contribution in [3.8, 4) is 0 Å². The maximum atomic E-state index is 10.5. The van der Waals surface area contributed by atoms with Gasteiger partial charge in [-0.05, 0) is 61.7 Å². The van der Waals surface area contributed by atoms with Gasteiger partial charge in [-0.3, -0.25) is 0 Å². The summed E-state index contributed by atoms with van der Waals surface area (Å²) in [6, 6.07) is 0. The van der Waals surface area contributed by atoms with Gasteiger partial charge in [-0.15, -0.1) is 0 Å². The van der Waals surface area contributed by atoms with Crippen molar-refractivity contribution < 1.29 is 10.2 Å². The van der Waals surface area contributed by atoms with Gasteiger partial charge in [0.25, 0.3) is 0 Å². The van der Waals surface area contributed by atoms with Gasteiger partial charge in [0.15, 0.2) is 0 Å². The van der Waals surface area contributed by atoms with E-state index in [1.54, 1.807) is 0 Å². The quantitative estimate of drug-likeness (QED) is 0.818. The predicted octanol–water partition coefficient (Wildman–Crippen LogP) is 3.61. The Balaban J connectivity index is 1.87. The van der Waals surface area contributed by atoms with E-state index in [1.165, 1.54) is 32.1 Å². The van der Waals surface area contributed by atoms with Gasteiger partial charge in [0.2, 0.25) is 0 Å². The minimum absolute atomic E-state index is 0.0943. The Morgan fingerprint density at radius 1 is 0.895 bits per heavy atom. The maximum Gasteiger partial charge on any atom is 0.0599 e. The van der Waals surface area contributed by atoms with Gasteiger partial charge in [-0.1, -0.05) is 33.6 Å². The highest BCUT2D eigenvalue weighted by Crippen LogP contribution is 2.42. The van der Waals surface area contributed by atoms with E-state index in [4.69, 9.17) is 0 Å². The number of hydrogen-bond donors (Lipinski definition) is 2. The smallest absolute Gasteiger partial charge is 0.0599 e. The van der Waals surface area contributed by atoms with Gasteiger partial charge in [-0.25, -0.2) is 0 Å². The van der Waals surface area contributed by atoms with Crippen molar-refractivity contribution in [2.24, 2.45) is 29.6 Å². The van der Waals surface area contributed by atoms with Crippen LogP contribution >= 0.6 is 0 Å². The van der Waals surface area contributed by atoms with Crippen molar-refractivity contribution in [2.45, 2.75) is 77.9 Å². The Morgan fingerprint density at radius 3 is 2.16 bits per heavy atom. The first-order valence-corrected chi connectivity index (χ1v) is 8.36. The van der Waals surface area contributed by atoms with Crippen molar-refractivity contribution >= 4 is 0 Å². The van der Waals surface area contributed by atoms with E-state index < -0.39 is 0 Å². The zero-order chi connectivity index (χ0) is 14.0. The van der Waals surface area contributed by atoms with Crippen LogP contribution in [0.1, 0.15) is 65.7 Å². The molecule has 2 aliphatic rings. The summed E-state index contributed by atoms with van der Waals surface area (Å²) < 4.78 is 0. The summed E-state index contributed by atoms with van der Waals surface area (Å²) in [6.45, 7) is 6.74. The fourth-order valence-electron chi connectivity index (χ4n) is 4.54. The number of aliphatic hydroxyl groups excluding tert-OH is 2. The molecular formula is C17H32O2. The summed E-state index contributed by atoms with van der Waals surface area (Å²) >= 11 is 0. The van der Waals surface area contributed by atoms with Gasteiger partial charge in [0.05, 0.1) is 12.2 Å². The molecule has 0 bridgehead atoms. The lowest BCUT2D eigenvalue weighted by Gasteiger charge is -2.34. The van der Waals surface area contributed by atoms with Crippen LogP contribution in [0.2, 0.25) is 0 Å². The standard InChI is InChI=1S/C17H32O2/c1-11(2)14-9-8-13(17(14)19)10-12(3)15-6-4-5-7-16(15)18/h11-19H,4-10H2,1-3H3. The van der Waals surface area contributed by atoms with Crippen molar-refractivity contribution in [3.05, 3.63) is 0 Å². The van der Waals surface area contributed by atoms with E-state index in [0.717, 1.165) is 12.8 Å². The van der Waals surface area contributed by atoms with Crippen molar-refractivity contribution in [1.29, 1.82) is 0 Å². The van der Waals surface area contributed by atoms with Crippen LogP contribution in [0.4, 0.5) is 0 Å². The van der Waals surface area contributed by atoms with Crippen LogP contribution in [0, 0.1) is 29.6 Å². The van der Waals surface area contributed by atoms with Crippen LogP contribution in [0.3, 0.4) is 0 Å². The largest absolute Gasteiger partial charge is 0.393 e. The molecule has 0 aliphatic heterocycles. The van der Waals surface area contributed by atoms with E-state index in [0.29, 0.717) is 29.6 Å². The van der Waals surface area contributed by atoms with Crippen LogP contribution in [0.15, 0.2) is 0 Å². The Bertz CT molecular complexity index is 276. The first-order valence-electron chi connectivity index (χ1n) is 8.36. The zero-order valence-electron chi connectivity index (χ0n) is 12.9. The molecule has 0 aromatic carbocycles. The SMILES string of the molecule is CC(C)C1CCC(CC(C)C2CCCCC2O)C1O. The Labute approximate surface area is 118 Å². The van der Waals surface area contributed by atoms with E-state index in [1.807, 2.05) is 0 Å². The third-order valence-electron chi connectivity index (χ3n) is 5.84. The molecule has 2 fully saturated rings. The van der Waals surface area contributed by atoms with Gasteiger partial charge in [-0.2, -0.15) is 0 Å². The molecule has 2 rings (SSSR count). The minimum atomic E-state index is -0.108. The molecule has 0 aromatic rings. The highest BCUT2D eigenvalue weighted by atomic mass is 16.3. The molecule has 0 saturated heterocycles. The fraction of sp³-hybridized carbons (Fsp3) is 1.00. The normalized spacial score (nSPS) is 41.7. The Morgan fingerprint density at radius 2 is 1.58 bits per heavy atom. The highest BCUT2D eigenvalue weighted by molar-refractivity contribution is 4.89. The lowest BCUT2D eigenvalue weighted by molar-refractivity contribution is 0.0179. The van der Waals surface area contributed by atoms with E-state index >= 15 is 0 Å². The maximum absolute atomic E-state index is 10.5. The van der Waals surface area contributed by atoms with Crippen molar-refractivity contribution in [2.75, 3.05) is 0 Å². The number of aliphatic hydroxyl groups is 2. The van der Waals surface area contributed by atoms with Gasteiger partial charge < -0.3 is 10.2 Å². The van der Waals surface area contributed by atoms with E-state index in [2.05, 4.69) is 20.8 Å². The molecule has 0 aromatic heterocycles. The highest BCUT2D eigenvalue weighted by Gasteiger charge is 2.38. The third-order valence-corrected chi connectivity index (χ3v) is 5.84. The lowest BCUT2D eigenvalue weighted by atomic mass is 9.74. The summed E-state index contributed by atoms with van der Waals surface area (Å²) in [5.41, 5.74) is 0. The Kier molecular flexibility index (Phi) is 5.30. The van der Waals surface area contributed by atoms with Crippen LogP contribution < -0.4 is 0 Å². The summed E-state index contributed by atoms with van der Waals surface area (Å²) in [6.07, 6.45) is 7.88. The van der Waals surface area contributed by atoms with Gasteiger partial charge in [0.1, 0.15) is 0 Å². The average molecular weight is 268 g/mol. The summed E-state index contributed by atoms with van der Waals surface area (Å²) in [7, 11) is 0. The van der Waals surface area contributed by atoms with Crippen molar-refractivity contribution in [1.82, 2.24) is 0 Å². The first-order chi connectivity index (χ1) is 9.00. The monoisotopic (exact) mass is 268 g/mol. The predicted molar refractivity (Wildman–Crippen MR) is 78.8 cm³/mol. The summed E-state index contributed by atoms with van der Waals surface area (Å²) in [5, 5.41) is 20.6. The van der Waals surface area contributed by atoms with Gasteiger partial charge >= 0.3 is 0 Å². The molecule has 2 N–H and O–H groups in total. The number of rotatable bonds is 4. The minimum Gasteiger partial charge on any atom is -0.393 e. The molecule has 2 nitrogen and oxygen atoms in total. The molecule has 0 heterocycles. The molecule has 6 unspecified atom stereocenters. The molecule has 19 heavy (non-hydrogen) atoms. The Hall–Kier alpha value is -0.0800. The fourth-order valence-corrected chi connectivity index (χ4v) is 4.54. The zero-order valence-corrected chi connectivity index (χ0v) is 12.9. The molecule has 0 radical (unpaired) electrons. The van der Waals surface area contributed by atoms with E-state index in [9.17, 15) is 10.2 Å². The molecular weight excluding hydrogens is 236 g/mol.